The Morgan fingerprint density at radius 1 is 1.00 bits per heavy atom. The standard InChI is InChI=1S/C24H24ClN5O2/c25-19-8-6-18(7-9-19)15-30-21-22(26-16-27-23(21)29-10-12-32-13-11-29)28-20(24(30)31)14-17-4-2-1-3-5-17/h1-9,16,20H,10-15H2,(H,26,27,28). The molecule has 32 heavy (non-hydrogen) atoms. The lowest BCUT2D eigenvalue weighted by Gasteiger charge is -2.38. The van der Waals surface area contributed by atoms with Gasteiger partial charge in [0.2, 0.25) is 5.91 Å². The first-order valence-electron chi connectivity index (χ1n) is 10.7. The van der Waals surface area contributed by atoms with E-state index in [4.69, 9.17) is 16.3 Å². The molecule has 5 rings (SSSR count). The first-order chi connectivity index (χ1) is 15.7. The van der Waals surface area contributed by atoms with Gasteiger partial charge in [-0.3, -0.25) is 9.69 Å². The van der Waals surface area contributed by atoms with E-state index in [1.165, 1.54) is 0 Å². The van der Waals surface area contributed by atoms with Crippen LogP contribution in [0.2, 0.25) is 5.02 Å². The normalized spacial score (nSPS) is 18.3. The summed E-state index contributed by atoms with van der Waals surface area (Å²) in [4.78, 5) is 26.8. The fraction of sp³-hybridized carbons (Fsp3) is 0.292. The molecule has 1 saturated heterocycles. The predicted molar refractivity (Wildman–Crippen MR) is 125 cm³/mol. The molecule has 1 fully saturated rings. The van der Waals surface area contributed by atoms with Crippen molar-refractivity contribution in [3.05, 3.63) is 77.1 Å². The maximum absolute atomic E-state index is 13.7. The van der Waals surface area contributed by atoms with Gasteiger partial charge in [-0.05, 0) is 23.3 Å². The number of morpholine rings is 1. The molecular weight excluding hydrogens is 426 g/mol. The second kappa shape index (κ2) is 9.14. The molecule has 1 N–H and O–H groups in total. The number of nitrogens with one attached hydrogen (secondary N) is 1. The fourth-order valence-corrected chi connectivity index (χ4v) is 4.30. The molecule has 0 radical (unpaired) electrons. The lowest BCUT2D eigenvalue weighted by Crippen LogP contribution is -2.49. The van der Waals surface area contributed by atoms with Crippen molar-refractivity contribution in [1.29, 1.82) is 0 Å². The molecular formula is C24H24ClN5O2. The molecule has 0 bridgehead atoms. The summed E-state index contributed by atoms with van der Waals surface area (Å²) in [6.45, 7) is 3.13. The van der Waals surface area contributed by atoms with Gasteiger partial charge in [0.25, 0.3) is 0 Å². The molecule has 3 heterocycles. The van der Waals surface area contributed by atoms with Crippen molar-refractivity contribution in [2.45, 2.75) is 19.0 Å². The van der Waals surface area contributed by atoms with Gasteiger partial charge in [-0.25, -0.2) is 9.97 Å². The summed E-state index contributed by atoms with van der Waals surface area (Å²) in [5.74, 6) is 1.43. The Morgan fingerprint density at radius 3 is 2.50 bits per heavy atom. The van der Waals surface area contributed by atoms with Gasteiger partial charge in [0.05, 0.1) is 19.8 Å². The largest absolute Gasteiger partial charge is 0.378 e. The Hall–Kier alpha value is -3.16. The van der Waals surface area contributed by atoms with Gasteiger partial charge >= 0.3 is 0 Å². The van der Waals surface area contributed by atoms with Crippen LogP contribution in [-0.4, -0.2) is 48.2 Å². The van der Waals surface area contributed by atoms with Crippen LogP contribution in [0.25, 0.3) is 0 Å². The molecule has 1 aromatic heterocycles. The number of fused-ring (bicyclic) bond motifs is 1. The van der Waals surface area contributed by atoms with Crippen molar-refractivity contribution >= 4 is 34.8 Å². The van der Waals surface area contributed by atoms with Gasteiger partial charge in [0.1, 0.15) is 18.1 Å². The minimum atomic E-state index is -0.412. The van der Waals surface area contributed by atoms with Gasteiger partial charge in [-0.2, -0.15) is 0 Å². The molecule has 3 aromatic rings. The molecule has 2 aliphatic heterocycles. The number of anilines is 3. The summed E-state index contributed by atoms with van der Waals surface area (Å²) in [6, 6.07) is 17.2. The molecule has 7 nitrogen and oxygen atoms in total. The van der Waals surface area contributed by atoms with Crippen LogP contribution in [0.5, 0.6) is 0 Å². The number of hydrogen-bond acceptors (Lipinski definition) is 6. The molecule has 0 spiro atoms. The van der Waals surface area contributed by atoms with Gasteiger partial charge in [0.15, 0.2) is 11.6 Å². The van der Waals surface area contributed by atoms with Crippen LogP contribution >= 0.6 is 11.6 Å². The number of hydrogen-bond donors (Lipinski definition) is 1. The second-order valence-electron chi connectivity index (χ2n) is 7.93. The van der Waals surface area contributed by atoms with Crippen LogP contribution in [0.3, 0.4) is 0 Å². The zero-order chi connectivity index (χ0) is 21.9. The minimum absolute atomic E-state index is 0.000567. The van der Waals surface area contributed by atoms with Gasteiger partial charge in [-0.1, -0.05) is 54.1 Å². The summed E-state index contributed by atoms with van der Waals surface area (Å²) < 4.78 is 5.51. The van der Waals surface area contributed by atoms with Crippen LogP contribution in [-0.2, 0) is 22.5 Å². The molecule has 2 aliphatic rings. The zero-order valence-corrected chi connectivity index (χ0v) is 18.3. The van der Waals surface area contributed by atoms with E-state index < -0.39 is 6.04 Å². The molecule has 8 heteroatoms. The highest BCUT2D eigenvalue weighted by molar-refractivity contribution is 6.30. The van der Waals surface area contributed by atoms with Crippen molar-refractivity contribution in [3.63, 3.8) is 0 Å². The predicted octanol–water partition coefficient (Wildman–Crippen LogP) is 3.54. The Bertz CT molecular complexity index is 1090. The summed E-state index contributed by atoms with van der Waals surface area (Å²) >= 11 is 6.08. The third kappa shape index (κ3) is 4.26. The van der Waals surface area contributed by atoms with E-state index in [0.29, 0.717) is 37.0 Å². The number of halogens is 1. The van der Waals surface area contributed by atoms with Crippen LogP contribution in [0.15, 0.2) is 60.9 Å². The number of ether oxygens (including phenoxy) is 1. The molecule has 1 amide bonds. The number of carbonyl (C=O) groups is 1. The lowest BCUT2D eigenvalue weighted by atomic mass is 10.0. The quantitative estimate of drug-likeness (QED) is 0.642. The first-order valence-corrected chi connectivity index (χ1v) is 11.1. The molecule has 2 aromatic carbocycles. The monoisotopic (exact) mass is 449 g/mol. The van der Waals surface area contributed by atoms with Crippen molar-refractivity contribution in [2.24, 2.45) is 0 Å². The number of rotatable bonds is 5. The minimum Gasteiger partial charge on any atom is -0.378 e. The smallest absolute Gasteiger partial charge is 0.250 e. The number of aromatic nitrogens is 2. The molecule has 0 aliphatic carbocycles. The van der Waals surface area contributed by atoms with Gasteiger partial charge in [-0.15, -0.1) is 0 Å². The van der Waals surface area contributed by atoms with E-state index >= 15 is 0 Å². The number of nitrogens with zero attached hydrogens (tertiary/aromatic N) is 4. The van der Waals surface area contributed by atoms with Crippen LogP contribution < -0.4 is 15.1 Å². The number of benzene rings is 2. The Balaban J connectivity index is 1.53. The van der Waals surface area contributed by atoms with E-state index in [9.17, 15) is 4.79 Å². The zero-order valence-electron chi connectivity index (χ0n) is 17.6. The van der Waals surface area contributed by atoms with E-state index in [-0.39, 0.29) is 5.91 Å². The number of carbonyl (C=O) groups excluding carboxylic acids is 1. The summed E-state index contributed by atoms with van der Waals surface area (Å²) in [6.07, 6.45) is 2.14. The first kappa shape index (κ1) is 20.7. The topological polar surface area (TPSA) is 70.6 Å². The van der Waals surface area contributed by atoms with E-state index in [0.717, 1.165) is 35.7 Å². The molecule has 1 atom stereocenters. The highest BCUT2D eigenvalue weighted by Gasteiger charge is 2.37. The summed E-state index contributed by atoms with van der Waals surface area (Å²) in [7, 11) is 0. The lowest BCUT2D eigenvalue weighted by molar-refractivity contribution is -0.119. The maximum atomic E-state index is 13.7. The average molecular weight is 450 g/mol. The molecule has 0 saturated carbocycles. The molecule has 1 unspecified atom stereocenters. The summed E-state index contributed by atoms with van der Waals surface area (Å²) in [5.41, 5.74) is 2.81. The van der Waals surface area contributed by atoms with E-state index in [2.05, 4.69) is 20.2 Å². The number of amides is 1. The second-order valence-corrected chi connectivity index (χ2v) is 8.37. The average Bonchev–Trinajstić information content (AvgIpc) is 2.84. The fourth-order valence-electron chi connectivity index (χ4n) is 4.17. The molecule has 164 valence electrons. The SMILES string of the molecule is O=C1C(Cc2ccccc2)Nc2ncnc(N3CCOCC3)c2N1Cc1ccc(Cl)cc1. The van der Waals surface area contributed by atoms with Crippen molar-refractivity contribution in [1.82, 2.24) is 9.97 Å². The van der Waals surface area contributed by atoms with E-state index in [1.807, 2.05) is 59.5 Å². The Labute approximate surface area is 192 Å². The highest BCUT2D eigenvalue weighted by Crippen LogP contribution is 2.39. The Kier molecular flexibility index (Phi) is 5.92. The van der Waals surface area contributed by atoms with Crippen molar-refractivity contribution in [2.75, 3.05) is 41.4 Å². The van der Waals surface area contributed by atoms with Crippen molar-refractivity contribution in [3.8, 4) is 0 Å². The van der Waals surface area contributed by atoms with Crippen LogP contribution in [0, 0.1) is 0 Å². The van der Waals surface area contributed by atoms with Gasteiger partial charge < -0.3 is 15.0 Å². The maximum Gasteiger partial charge on any atom is 0.250 e. The third-order valence-corrected chi connectivity index (χ3v) is 6.05. The highest BCUT2D eigenvalue weighted by atomic mass is 35.5. The van der Waals surface area contributed by atoms with E-state index in [1.54, 1.807) is 6.33 Å². The van der Waals surface area contributed by atoms with Crippen molar-refractivity contribution < 1.29 is 9.53 Å². The van der Waals surface area contributed by atoms with Crippen LogP contribution in [0.1, 0.15) is 11.1 Å². The Morgan fingerprint density at radius 2 is 1.75 bits per heavy atom. The third-order valence-electron chi connectivity index (χ3n) is 5.80. The van der Waals surface area contributed by atoms with Gasteiger partial charge in [0, 0.05) is 24.5 Å². The van der Waals surface area contributed by atoms with Crippen LogP contribution in [0.4, 0.5) is 17.3 Å². The summed E-state index contributed by atoms with van der Waals surface area (Å²) in [5, 5.41) is 4.04.